The number of aromatic amines is 1. The molecule has 2 aromatic carbocycles. The average molecular weight is 560 g/mol. The van der Waals surface area contributed by atoms with Crippen LogP contribution in [0.2, 0.25) is 0 Å². The van der Waals surface area contributed by atoms with Crippen LogP contribution in [0.5, 0.6) is 5.75 Å². The predicted octanol–water partition coefficient (Wildman–Crippen LogP) is 4.53. The number of hydrogen-bond donors (Lipinski definition) is 4. The van der Waals surface area contributed by atoms with Gasteiger partial charge in [0.25, 0.3) is 11.0 Å². The monoisotopic (exact) mass is 557 g/mol. The fraction of sp³-hybridized carbons (Fsp3) is 0. The first-order valence-corrected chi connectivity index (χ1v) is 9.76. The summed E-state index contributed by atoms with van der Waals surface area (Å²) < 4.78 is 1.93. The second-order valence-electron chi connectivity index (χ2n) is 5.38. The molecule has 138 valence electrons. The van der Waals surface area contributed by atoms with Gasteiger partial charge in [-0.05, 0) is 56.1 Å². The zero-order chi connectivity index (χ0) is 19.7. The lowest BCUT2D eigenvalue weighted by Gasteiger charge is -2.11. The van der Waals surface area contributed by atoms with Crippen molar-refractivity contribution in [3.05, 3.63) is 70.4 Å². The van der Waals surface area contributed by atoms with Crippen LogP contribution in [0.25, 0.3) is 10.9 Å². The number of fused-ring (bicyclic) bond motifs is 1. The maximum Gasteiger partial charge on any atom is 0.323 e. The van der Waals surface area contributed by atoms with Crippen LogP contribution in [0.4, 0.5) is 16.2 Å². The van der Waals surface area contributed by atoms with E-state index in [4.69, 9.17) is 0 Å². The van der Waals surface area contributed by atoms with Crippen LogP contribution < -0.4 is 21.6 Å². The van der Waals surface area contributed by atoms with Gasteiger partial charge in [0.15, 0.2) is 5.75 Å². The number of nitrogens with one attached hydrogen (secondary N) is 3. The van der Waals surface area contributed by atoms with Gasteiger partial charge in [0.1, 0.15) is 5.69 Å². The molecule has 0 aliphatic rings. The minimum atomic E-state index is -1.06. The molecule has 0 radical (unpaired) electrons. The summed E-state index contributed by atoms with van der Waals surface area (Å²) in [5.74, 6) is -0.502. The fourth-order valence-corrected chi connectivity index (χ4v) is 4.83. The summed E-state index contributed by atoms with van der Waals surface area (Å²) in [6, 6.07) is 8.96. The first kappa shape index (κ1) is 19.6. The summed E-state index contributed by atoms with van der Waals surface area (Å²) in [4.78, 5) is 39.1. The van der Waals surface area contributed by atoms with Crippen molar-refractivity contribution in [2.45, 2.75) is 0 Å². The summed E-state index contributed by atoms with van der Waals surface area (Å²) in [5.41, 5.74) is -1.87. The van der Waals surface area contributed by atoms with Crippen LogP contribution in [0.15, 0.2) is 59.4 Å². The number of urea groups is 1. The highest BCUT2D eigenvalue weighted by atomic mass is 79.9. The van der Waals surface area contributed by atoms with Crippen LogP contribution in [0, 0.1) is 0 Å². The molecule has 0 saturated carbocycles. The molecule has 27 heavy (non-hydrogen) atoms. The first-order valence-electron chi connectivity index (χ1n) is 7.38. The highest BCUT2D eigenvalue weighted by Gasteiger charge is 2.17. The van der Waals surface area contributed by atoms with E-state index in [1.807, 2.05) is 0 Å². The number of H-pyrrole nitrogens is 1. The van der Waals surface area contributed by atoms with Crippen LogP contribution in [-0.2, 0) is 0 Å². The number of rotatable bonds is 2. The van der Waals surface area contributed by atoms with E-state index < -0.39 is 28.5 Å². The van der Waals surface area contributed by atoms with Gasteiger partial charge in [0, 0.05) is 18.8 Å². The summed E-state index contributed by atoms with van der Waals surface area (Å²) in [6.45, 7) is 0. The summed E-state index contributed by atoms with van der Waals surface area (Å²) in [5, 5.41) is 15.5. The number of benzene rings is 2. The van der Waals surface area contributed by atoms with E-state index in [2.05, 4.69) is 63.4 Å². The van der Waals surface area contributed by atoms with Gasteiger partial charge >= 0.3 is 6.03 Å². The lowest BCUT2D eigenvalue weighted by atomic mass is 10.2. The van der Waals surface area contributed by atoms with Crippen molar-refractivity contribution >= 4 is 76.1 Å². The number of halogens is 3. The largest absolute Gasteiger partial charge is 0.505 e. The van der Waals surface area contributed by atoms with Gasteiger partial charge in [-0.2, -0.15) is 0 Å². The Kier molecular flexibility index (Phi) is 5.68. The van der Waals surface area contributed by atoms with Crippen LogP contribution in [-0.4, -0.2) is 16.1 Å². The standard InChI is InChI=1S/C17H10Br3N3O4/c18-7-5-9(19)12(10(20)6-7)22-17(27)23-13-14(24)8-3-1-2-4-11(8)21-16(26)15(13)25/h1-6H,(H4,21,22,23,24,25,26,27). The summed E-state index contributed by atoms with van der Waals surface area (Å²) in [7, 11) is 0. The lowest BCUT2D eigenvalue weighted by Crippen LogP contribution is -2.30. The summed E-state index contributed by atoms with van der Waals surface area (Å²) in [6.07, 6.45) is 0. The van der Waals surface area contributed by atoms with E-state index in [-0.39, 0.29) is 10.9 Å². The normalized spacial score (nSPS) is 10.6. The number of amides is 2. The molecule has 0 aliphatic carbocycles. The number of aromatic nitrogens is 1. The molecule has 7 nitrogen and oxygen atoms in total. The molecule has 0 bridgehead atoms. The maximum absolute atomic E-state index is 12.4. The van der Waals surface area contributed by atoms with Crippen LogP contribution in [0.3, 0.4) is 0 Å². The molecule has 1 aromatic heterocycles. The molecule has 4 N–H and O–H groups in total. The Morgan fingerprint density at radius 3 is 2.22 bits per heavy atom. The number of para-hydroxylation sites is 1. The topological polar surface area (TPSA) is 111 Å². The van der Waals surface area contributed by atoms with Gasteiger partial charge in [-0.1, -0.05) is 28.1 Å². The molecule has 3 aromatic rings. The molecule has 2 amide bonds. The van der Waals surface area contributed by atoms with Crippen molar-refractivity contribution in [1.82, 2.24) is 4.98 Å². The Hall–Kier alpha value is -2.17. The highest BCUT2D eigenvalue weighted by Crippen LogP contribution is 2.34. The molecule has 0 unspecified atom stereocenters. The smallest absolute Gasteiger partial charge is 0.323 e. The molecule has 0 atom stereocenters. The zero-order valence-corrected chi connectivity index (χ0v) is 18.0. The van der Waals surface area contributed by atoms with Crippen molar-refractivity contribution in [2.24, 2.45) is 0 Å². The van der Waals surface area contributed by atoms with Gasteiger partial charge in [0.2, 0.25) is 0 Å². The van der Waals surface area contributed by atoms with Crippen molar-refractivity contribution in [2.75, 3.05) is 10.6 Å². The van der Waals surface area contributed by atoms with Crippen LogP contribution >= 0.6 is 47.8 Å². The SMILES string of the molecule is O=C(Nc1c(Br)cc(Br)cc1Br)Nc1c(O)c2ccccc2[nH]c(=O)c1=O. The van der Waals surface area contributed by atoms with Gasteiger partial charge in [0.05, 0.1) is 11.2 Å². The molecule has 3 rings (SSSR count). The Labute approximate surface area is 177 Å². The number of anilines is 2. The Balaban J connectivity index is 2.04. The predicted molar refractivity (Wildman–Crippen MR) is 115 cm³/mol. The maximum atomic E-state index is 12.4. The third kappa shape index (κ3) is 4.07. The second-order valence-corrected chi connectivity index (χ2v) is 8.00. The van der Waals surface area contributed by atoms with E-state index in [9.17, 15) is 19.5 Å². The highest BCUT2D eigenvalue weighted by molar-refractivity contribution is 9.11. The van der Waals surface area contributed by atoms with Crippen molar-refractivity contribution in [1.29, 1.82) is 0 Å². The second kappa shape index (κ2) is 7.83. The van der Waals surface area contributed by atoms with E-state index in [1.54, 1.807) is 24.3 Å². The van der Waals surface area contributed by atoms with Gasteiger partial charge in [-0.3, -0.25) is 9.59 Å². The average Bonchev–Trinajstić information content (AvgIpc) is 2.69. The third-order valence-corrected chi connectivity index (χ3v) is 5.29. The number of hydrogen-bond acceptors (Lipinski definition) is 4. The zero-order valence-electron chi connectivity index (χ0n) is 13.3. The minimum Gasteiger partial charge on any atom is -0.505 e. The minimum absolute atomic E-state index is 0.220. The Morgan fingerprint density at radius 2 is 1.56 bits per heavy atom. The molecular formula is C17H10Br3N3O4. The number of carbonyl (C=O) groups excluding carboxylic acids is 1. The molecule has 0 fully saturated rings. The van der Waals surface area contributed by atoms with Crippen LogP contribution in [0.1, 0.15) is 0 Å². The van der Waals surface area contributed by atoms with E-state index in [0.717, 1.165) is 4.47 Å². The molecule has 1 heterocycles. The lowest BCUT2D eigenvalue weighted by molar-refractivity contribution is 0.262. The van der Waals surface area contributed by atoms with Crippen molar-refractivity contribution in [3.8, 4) is 5.75 Å². The molecule has 0 aliphatic heterocycles. The van der Waals surface area contributed by atoms with E-state index >= 15 is 0 Å². The molecular weight excluding hydrogens is 550 g/mol. The van der Waals surface area contributed by atoms with Gasteiger partial charge < -0.3 is 20.7 Å². The third-order valence-electron chi connectivity index (χ3n) is 3.58. The molecule has 10 heteroatoms. The van der Waals surface area contributed by atoms with Crippen molar-refractivity contribution in [3.63, 3.8) is 0 Å². The van der Waals surface area contributed by atoms with E-state index in [0.29, 0.717) is 14.6 Å². The number of aromatic hydroxyl groups is 1. The number of carbonyl (C=O) groups is 1. The summed E-state index contributed by atoms with van der Waals surface area (Å²) >= 11 is 9.97. The fourth-order valence-electron chi connectivity index (χ4n) is 2.37. The quantitative estimate of drug-likeness (QED) is 0.346. The Morgan fingerprint density at radius 1 is 0.963 bits per heavy atom. The molecule has 0 saturated heterocycles. The van der Waals surface area contributed by atoms with Crippen molar-refractivity contribution < 1.29 is 9.90 Å². The van der Waals surface area contributed by atoms with Gasteiger partial charge in [-0.25, -0.2) is 4.79 Å². The first-order chi connectivity index (χ1) is 12.8. The van der Waals surface area contributed by atoms with Gasteiger partial charge in [-0.15, -0.1) is 0 Å². The molecule has 0 spiro atoms. The Bertz CT molecular complexity index is 1170. The van der Waals surface area contributed by atoms with E-state index in [1.165, 1.54) is 12.1 Å².